The summed E-state index contributed by atoms with van der Waals surface area (Å²) in [6.45, 7) is 0. The van der Waals surface area contributed by atoms with E-state index >= 15 is 0 Å². The van der Waals surface area contributed by atoms with Gasteiger partial charge in [0.05, 0.1) is 12.5 Å². The zero-order valence-electron chi connectivity index (χ0n) is 18.7. The van der Waals surface area contributed by atoms with E-state index in [-0.39, 0.29) is 23.8 Å². The number of carbonyl (C=O) groups is 1. The molecule has 0 saturated carbocycles. The van der Waals surface area contributed by atoms with Crippen LogP contribution in [0.25, 0.3) is 21.6 Å². The molecule has 188 valence electrons. The average molecular weight is 549 g/mol. The number of anilines is 1. The van der Waals surface area contributed by atoms with E-state index in [1.807, 2.05) is 0 Å². The van der Waals surface area contributed by atoms with Crippen LogP contribution in [-0.4, -0.2) is 48.0 Å². The van der Waals surface area contributed by atoms with Crippen LogP contribution in [0.15, 0.2) is 60.0 Å². The number of Topliss-reactive ketones (excluding diaryl/α,β-unsaturated/α-hetero) is 1. The number of hydrogen-bond donors (Lipinski definition) is 5. The standard InChI is InChI=1S/C22H21N3O8P2S/c1-33-16-7-5-14(6-8-16)18(26)12-13-3-2-4-15(11-13)19-23-20(17-9-10-36-21(17)24-19)25-22(34(27,28)29)35(30,31)32/h2-11,22H,12H2,1H3,(H,23,24,25)(H2,27,28,29)(H2,30,31,32). The van der Waals surface area contributed by atoms with E-state index in [4.69, 9.17) is 4.74 Å². The van der Waals surface area contributed by atoms with E-state index in [0.717, 1.165) is 0 Å². The summed E-state index contributed by atoms with van der Waals surface area (Å²) in [5.74, 6) is 0.547. The second-order valence-corrected chi connectivity index (χ2v) is 12.5. The fourth-order valence-corrected chi connectivity index (χ4v) is 6.38. The molecule has 2 heterocycles. The minimum absolute atomic E-state index is 0.102. The van der Waals surface area contributed by atoms with Crippen molar-refractivity contribution in [3.8, 4) is 17.1 Å². The lowest BCUT2D eigenvalue weighted by molar-refractivity contribution is 0.0993. The molecule has 4 aromatic rings. The second kappa shape index (κ2) is 10.2. The number of nitrogens with one attached hydrogen (secondary N) is 1. The molecule has 0 aliphatic rings. The minimum atomic E-state index is -5.24. The Labute approximate surface area is 209 Å². The quantitative estimate of drug-likeness (QED) is 0.151. The van der Waals surface area contributed by atoms with Crippen LogP contribution in [0.3, 0.4) is 0 Å². The number of fused-ring (bicyclic) bond motifs is 1. The summed E-state index contributed by atoms with van der Waals surface area (Å²) in [7, 11) is -8.95. The summed E-state index contributed by atoms with van der Waals surface area (Å²) >= 11 is 1.22. The van der Waals surface area contributed by atoms with E-state index in [1.54, 1.807) is 60.0 Å². The largest absolute Gasteiger partial charge is 0.497 e. The molecule has 0 spiro atoms. The average Bonchev–Trinajstić information content (AvgIpc) is 3.30. The molecule has 2 aromatic heterocycles. The number of ketones is 1. The number of carbonyl (C=O) groups excluding carboxylic acids is 1. The number of methoxy groups -OCH3 is 1. The monoisotopic (exact) mass is 549 g/mol. The number of nitrogens with zero attached hydrogens (tertiary/aromatic N) is 2. The Kier molecular flexibility index (Phi) is 7.40. The maximum Gasteiger partial charge on any atom is 0.360 e. The molecule has 2 aromatic carbocycles. The molecule has 0 fully saturated rings. The highest BCUT2D eigenvalue weighted by molar-refractivity contribution is 7.71. The van der Waals surface area contributed by atoms with E-state index in [9.17, 15) is 33.5 Å². The number of ether oxygens (including phenoxy) is 1. The third-order valence-electron chi connectivity index (χ3n) is 5.19. The van der Waals surface area contributed by atoms with Crippen LogP contribution in [0.4, 0.5) is 5.82 Å². The molecule has 11 nitrogen and oxygen atoms in total. The molecule has 0 aliphatic carbocycles. The van der Waals surface area contributed by atoms with Gasteiger partial charge in [0.25, 0.3) is 0 Å². The molecule has 0 aliphatic heterocycles. The number of aromatic nitrogens is 2. The second-order valence-electron chi connectivity index (χ2n) is 7.76. The van der Waals surface area contributed by atoms with Crippen molar-refractivity contribution in [3.05, 3.63) is 71.1 Å². The van der Waals surface area contributed by atoms with Crippen molar-refractivity contribution in [3.63, 3.8) is 0 Å². The van der Waals surface area contributed by atoms with Crippen molar-refractivity contribution in [2.24, 2.45) is 0 Å². The maximum absolute atomic E-state index is 12.7. The first kappa shape index (κ1) is 26.1. The summed E-state index contributed by atoms with van der Waals surface area (Å²) in [6, 6.07) is 15.2. The molecular weight excluding hydrogens is 528 g/mol. The van der Waals surface area contributed by atoms with Gasteiger partial charge in [-0.05, 0) is 47.3 Å². The first-order chi connectivity index (χ1) is 17.0. The predicted octanol–water partition coefficient (Wildman–Crippen LogP) is 3.84. The van der Waals surface area contributed by atoms with Crippen LogP contribution >= 0.6 is 26.5 Å². The smallest absolute Gasteiger partial charge is 0.360 e. The third-order valence-corrected chi connectivity index (χ3v) is 9.33. The maximum atomic E-state index is 12.7. The molecule has 0 radical (unpaired) electrons. The molecule has 14 heteroatoms. The topological polar surface area (TPSA) is 179 Å². The Morgan fingerprint density at radius 2 is 1.72 bits per heavy atom. The van der Waals surface area contributed by atoms with Crippen LogP contribution in [0.5, 0.6) is 5.75 Å². The Morgan fingerprint density at radius 3 is 2.36 bits per heavy atom. The van der Waals surface area contributed by atoms with Crippen LogP contribution < -0.4 is 10.1 Å². The normalized spacial score (nSPS) is 12.2. The van der Waals surface area contributed by atoms with Crippen LogP contribution in [0.2, 0.25) is 0 Å². The van der Waals surface area contributed by atoms with Gasteiger partial charge in [0.2, 0.25) is 5.52 Å². The first-order valence-corrected chi connectivity index (χ1v) is 14.6. The molecule has 4 rings (SSSR count). The molecular formula is C22H21N3O8P2S. The Hall–Kier alpha value is -2.95. The minimum Gasteiger partial charge on any atom is -0.497 e. The fourth-order valence-electron chi connectivity index (χ4n) is 3.47. The van der Waals surface area contributed by atoms with E-state index in [1.165, 1.54) is 18.4 Å². The molecule has 0 unspecified atom stereocenters. The Bertz CT molecular complexity index is 1490. The molecule has 5 N–H and O–H groups in total. The van der Waals surface area contributed by atoms with Crippen LogP contribution in [0.1, 0.15) is 15.9 Å². The third kappa shape index (κ3) is 5.88. The van der Waals surface area contributed by atoms with Gasteiger partial charge in [-0.3, -0.25) is 13.9 Å². The van der Waals surface area contributed by atoms with Gasteiger partial charge >= 0.3 is 15.2 Å². The summed E-state index contributed by atoms with van der Waals surface area (Å²) < 4.78 is 28.7. The fraction of sp³-hybridized carbons (Fsp3) is 0.136. The molecule has 0 atom stereocenters. The van der Waals surface area contributed by atoms with Gasteiger partial charge in [-0.15, -0.1) is 11.3 Å². The lowest BCUT2D eigenvalue weighted by Crippen LogP contribution is -2.21. The van der Waals surface area contributed by atoms with Crippen molar-refractivity contribution in [2.45, 2.75) is 11.9 Å². The van der Waals surface area contributed by atoms with Crippen LogP contribution in [0, 0.1) is 0 Å². The number of hydrogen-bond acceptors (Lipinski definition) is 8. The predicted molar refractivity (Wildman–Crippen MR) is 135 cm³/mol. The lowest BCUT2D eigenvalue weighted by Gasteiger charge is -2.21. The number of benzene rings is 2. The van der Waals surface area contributed by atoms with Gasteiger partial charge < -0.3 is 29.6 Å². The Balaban J connectivity index is 1.67. The SMILES string of the molecule is COc1ccc(C(=O)Cc2cccc(-c3nc(NC(P(=O)(O)O)P(=O)(O)O)c4ccsc4n3)c2)cc1. The molecule has 0 amide bonds. The van der Waals surface area contributed by atoms with E-state index in [2.05, 4.69) is 15.3 Å². The van der Waals surface area contributed by atoms with Gasteiger partial charge in [0, 0.05) is 17.5 Å². The van der Waals surface area contributed by atoms with Crippen molar-refractivity contribution >= 4 is 48.3 Å². The van der Waals surface area contributed by atoms with Gasteiger partial charge in [-0.25, -0.2) is 9.97 Å². The summed E-state index contributed by atoms with van der Waals surface area (Å²) in [4.78, 5) is 60.0. The summed E-state index contributed by atoms with van der Waals surface area (Å²) in [5.41, 5.74) is -0.757. The summed E-state index contributed by atoms with van der Waals surface area (Å²) in [6.07, 6.45) is 0.102. The first-order valence-electron chi connectivity index (χ1n) is 10.3. The molecule has 0 saturated heterocycles. The van der Waals surface area contributed by atoms with Crippen molar-refractivity contribution < 1.29 is 38.2 Å². The van der Waals surface area contributed by atoms with Crippen molar-refractivity contribution in [1.29, 1.82) is 0 Å². The van der Waals surface area contributed by atoms with Crippen molar-refractivity contribution in [1.82, 2.24) is 9.97 Å². The lowest BCUT2D eigenvalue weighted by atomic mass is 10.0. The zero-order valence-corrected chi connectivity index (χ0v) is 21.3. The van der Waals surface area contributed by atoms with Crippen molar-refractivity contribution in [2.75, 3.05) is 12.4 Å². The van der Waals surface area contributed by atoms with E-state index in [0.29, 0.717) is 32.7 Å². The van der Waals surface area contributed by atoms with Crippen LogP contribution in [-0.2, 0) is 15.6 Å². The highest BCUT2D eigenvalue weighted by Crippen LogP contribution is 2.59. The van der Waals surface area contributed by atoms with Gasteiger partial charge in [-0.2, -0.15) is 0 Å². The molecule has 0 bridgehead atoms. The number of thiophene rings is 1. The highest BCUT2D eigenvalue weighted by Gasteiger charge is 2.44. The van der Waals surface area contributed by atoms with Gasteiger partial charge in [0.1, 0.15) is 16.4 Å². The van der Waals surface area contributed by atoms with Gasteiger partial charge in [-0.1, -0.05) is 18.2 Å². The molecule has 36 heavy (non-hydrogen) atoms. The van der Waals surface area contributed by atoms with Gasteiger partial charge in [0.15, 0.2) is 11.6 Å². The highest BCUT2D eigenvalue weighted by atomic mass is 32.1. The zero-order chi connectivity index (χ0) is 26.1. The number of rotatable bonds is 9. The Morgan fingerprint density at radius 1 is 1.03 bits per heavy atom. The summed E-state index contributed by atoms with van der Waals surface area (Å²) in [5, 5.41) is 4.26. The van der Waals surface area contributed by atoms with E-state index < -0.39 is 20.7 Å².